The number of nitrogens with one attached hydrogen (secondary N) is 1. The minimum absolute atomic E-state index is 0.0685. The summed E-state index contributed by atoms with van der Waals surface area (Å²) in [6.45, 7) is 3.04. The highest BCUT2D eigenvalue weighted by atomic mass is 16.5. The summed E-state index contributed by atoms with van der Waals surface area (Å²) in [6, 6.07) is 15.9. The molecule has 2 atom stereocenters. The molecule has 238 valence electrons. The van der Waals surface area contributed by atoms with E-state index >= 15 is 0 Å². The van der Waals surface area contributed by atoms with Crippen molar-refractivity contribution >= 4 is 17.7 Å². The van der Waals surface area contributed by atoms with Crippen LogP contribution in [-0.4, -0.2) is 88.7 Å². The molecule has 1 saturated heterocycles. The van der Waals surface area contributed by atoms with Crippen molar-refractivity contribution in [1.82, 2.24) is 29.9 Å². The van der Waals surface area contributed by atoms with E-state index in [1.807, 2.05) is 45.9 Å². The molecule has 3 aliphatic heterocycles. The molecule has 3 aromatic rings. The van der Waals surface area contributed by atoms with Crippen LogP contribution in [-0.2, 0) is 29.0 Å². The molecule has 3 amide bonds. The number of hydrogen-bond donors (Lipinski definition) is 1. The van der Waals surface area contributed by atoms with E-state index in [2.05, 4.69) is 27.6 Å². The van der Waals surface area contributed by atoms with E-state index in [9.17, 15) is 14.4 Å². The number of methoxy groups -OCH3 is 1. The summed E-state index contributed by atoms with van der Waals surface area (Å²) in [5, 5.41) is 11.6. The average Bonchev–Trinajstić information content (AvgIpc) is 3.71. The zero-order valence-electron chi connectivity index (χ0n) is 26.0. The molecule has 1 N–H and O–H groups in total. The Labute approximate surface area is 263 Å². The van der Waals surface area contributed by atoms with E-state index in [0.29, 0.717) is 62.9 Å². The quantitative estimate of drug-likeness (QED) is 0.453. The van der Waals surface area contributed by atoms with Gasteiger partial charge in [-0.1, -0.05) is 36.4 Å². The SMILES string of the molecule is COc1ccc2cc1OCCN(C(=O)c1nnc3n1CCCC3)CCCNC(=O)[C@H]1CN(C(=O)CCCc3ccccc3)C[C@H]21. The molecule has 0 unspecified atom stereocenters. The van der Waals surface area contributed by atoms with Crippen LogP contribution >= 0.6 is 0 Å². The van der Waals surface area contributed by atoms with E-state index in [1.54, 1.807) is 12.0 Å². The van der Waals surface area contributed by atoms with Crippen molar-refractivity contribution in [3.63, 3.8) is 0 Å². The normalized spacial score (nSPS) is 20.3. The summed E-state index contributed by atoms with van der Waals surface area (Å²) >= 11 is 0. The number of fused-ring (bicyclic) bond motifs is 5. The second kappa shape index (κ2) is 14.1. The molecule has 11 nitrogen and oxygen atoms in total. The van der Waals surface area contributed by atoms with Gasteiger partial charge in [0.15, 0.2) is 11.5 Å². The smallest absolute Gasteiger partial charge is 0.291 e. The third-order valence-electron chi connectivity index (χ3n) is 9.18. The van der Waals surface area contributed by atoms with E-state index in [4.69, 9.17) is 9.47 Å². The zero-order chi connectivity index (χ0) is 31.2. The predicted octanol–water partition coefficient (Wildman–Crippen LogP) is 3.23. The first-order chi connectivity index (χ1) is 22.0. The number of ether oxygens (including phenoxy) is 2. The van der Waals surface area contributed by atoms with Crippen LogP contribution in [0.1, 0.15) is 65.6 Å². The van der Waals surface area contributed by atoms with Crippen LogP contribution in [0, 0.1) is 5.92 Å². The largest absolute Gasteiger partial charge is 0.493 e. The van der Waals surface area contributed by atoms with Crippen molar-refractivity contribution in [2.24, 2.45) is 5.92 Å². The lowest BCUT2D eigenvalue weighted by Gasteiger charge is -2.25. The van der Waals surface area contributed by atoms with Gasteiger partial charge in [0.25, 0.3) is 5.91 Å². The Kier molecular flexibility index (Phi) is 9.61. The second-order valence-electron chi connectivity index (χ2n) is 12.1. The lowest BCUT2D eigenvalue weighted by molar-refractivity contribution is -0.130. The van der Waals surface area contributed by atoms with Crippen molar-refractivity contribution in [2.75, 3.05) is 46.4 Å². The number of hydrogen-bond acceptors (Lipinski definition) is 7. The molecule has 3 aliphatic rings. The summed E-state index contributed by atoms with van der Waals surface area (Å²) in [5.74, 6) is 1.57. The summed E-state index contributed by atoms with van der Waals surface area (Å²) < 4.78 is 13.7. The monoisotopic (exact) mass is 614 g/mol. The van der Waals surface area contributed by atoms with Crippen molar-refractivity contribution in [3.05, 3.63) is 71.3 Å². The molecule has 0 aliphatic carbocycles. The van der Waals surface area contributed by atoms with Gasteiger partial charge in [0, 0.05) is 51.5 Å². The van der Waals surface area contributed by atoms with Crippen LogP contribution in [0.25, 0.3) is 0 Å². The Morgan fingerprint density at radius 1 is 0.978 bits per heavy atom. The summed E-state index contributed by atoms with van der Waals surface area (Å²) in [6.07, 6.45) is 5.48. The molecule has 4 heterocycles. The molecule has 1 fully saturated rings. The summed E-state index contributed by atoms with van der Waals surface area (Å²) in [7, 11) is 1.59. The highest BCUT2D eigenvalue weighted by Crippen LogP contribution is 2.38. The number of likely N-dealkylation sites (tertiary alicyclic amines) is 1. The van der Waals surface area contributed by atoms with Crippen LogP contribution in [0.5, 0.6) is 11.5 Å². The molecule has 11 heteroatoms. The van der Waals surface area contributed by atoms with Gasteiger partial charge in [-0.05, 0) is 55.4 Å². The zero-order valence-corrected chi connectivity index (χ0v) is 26.0. The van der Waals surface area contributed by atoms with Crippen LogP contribution in [0.2, 0.25) is 0 Å². The van der Waals surface area contributed by atoms with E-state index in [0.717, 1.165) is 50.0 Å². The van der Waals surface area contributed by atoms with Gasteiger partial charge in [-0.15, -0.1) is 10.2 Å². The lowest BCUT2D eigenvalue weighted by Crippen LogP contribution is -2.40. The first-order valence-corrected chi connectivity index (χ1v) is 16.1. The maximum Gasteiger partial charge on any atom is 0.291 e. The van der Waals surface area contributed by atoms with Crippen LogP contribution < -0.4 is 14.8 Å². The number of aromatic nitrogens is 3. The van der Waals surface area contributed by atoms with Gasteiger partial charge in [0.05, 0.1) is 19.6 Å². The Morgan fingerprint density at radius 3 is 2.67 bits per heavy atom. The molecule has 1 aromatic heterocycles. The summed E-state index contributed by atoms with van der Waals surface area (Å²) in [4.78, 5) is 44.1. The fraction of sp³-hybridized carbons (Fsp3) is 0.500. The van der Waals surface area contributed by atoms with Gasteiger partial charge in [-0.2, -0.15) is 0 Å². The number of amides is 3. The number of nitrogens with zero attached hydrogens (tertiary/aromatic N) is 5. The first-order valence-electron chi connectivity index (χ1n) is 16.1. The van der Waals surface area contributed by atoms with Gasteiger partial charge in [-0.25, -0.2) is 0 Å². The average molecular weight is 615 g/mol. The van der Waals surface area contributed by atoms with Crippen molar-refractivity contribution in [2.45, 2.75) is 57.4 Å². The molecule has 2 aromatic carbocycles. The molecule has 2 bridgehead atoms. The highest BCUT2D eigenvalue weighted by molar-refractivity contribution is 5.90. The maximum absolute atomic E-state index is 13.6. The number of aryl methyl sites for hydroxylation is 2. The van der Waals surface area contributed by atoms with Crippen LogP contribution in [0.15, 0.2) is 48.5 Å². The van der Waals surface area contributed by atoms with Crippen molar-refractivity contribution in [3.8, 4) is 11.5 Å². The molecule has 45 heavy (non-hydrogen) atoms. The highest BCUT2D eigenvalue weighted by Gasteiger charge is 2.40. The fourth-order valence-electron chi connectivity index (χ4n) is 6.70. The number of benzene rings is 2. The molecule has 0 saturated carbocycles. The maximum atomic E-state index is 13.6. The van der Waals surface area contributed by atoms with Crippen molar-refractivity contribution < 1.29 is 23.9 Å². The minimum Gasteiger partial charge on any atom is -0.493 e. The Bertz CT molecular complexity index is 1510. The number of rotatable bonds is 6. The third-order valence-corrected chi connectivity index (χ3v) is 9.18. The Hall–Kier alpha value is -4.41. The molecular weight excluding hydrogens is 572 g/mol. The van der Waals surface area contributed by atoms with E-state index in [-0.39, 0.29) is 30.2 Å². The molecule has 0 radical (unpaired) electrons. The number of carbonyl (C=O) groups is 3. The molecular formula is C34H42N6O5. The topological polar surface area (TPSA) is 119 Å². The van der Waals surface area contributed by atoms with Gasteiger partial charge in [0.2, 0.25) is 17.6 Å². The van der Waals surface area contributed by atoms with Gasteiger partial charge in [-0.3, -0.25) is 14.4 Å². The Morgan fingerprint density at radius 2 is 1.82 bits per heavy atom. The lowest BCUT2D eigenvalue weighted by atomic mass is 9.88. The third kappa shape index (κ3) is 6.97. The second-order valence-corrected chi connectivity index (χ2v) is 12.1. The predicted molar refractivity (Wildman–Crippen MR) is 167 cm³/mol. The van der Waals surface area contributed by atoms with E-state index < -0.39 is 5.92 Å². The van der Waals surface area contributed by atoms with Gasteiger partial charge in [0.1, 0.15) is 12.4 Å². The Balaban J connectivity index is 1.17. The molecule has 6 rings (SSSR count). The van der Waals surface area contributed by atoms with Crippen LogP contribution in [0.3, 0.4) is 0 Å². The standard InChI is InChI=1S/C34H42N6O5/c1-44-28-15-14-25-21-29(28)45-20-19-38(34(43)32-37-36-30-12-5-6-18-40(30)32)17-8-16-35-33(42)27-23-39(22-26(25)27)31(41)13-7-11-24-9-3-2-4-10-24/h2-4,9-10,14-15,21,26-27H,5-8,11-13,16-20,22-23H2,1H3,(H,35,42)/t26-,27+/m1/s1. The van der Waals surface area contributed by atoms with Gasteiger partial charge >= 0.3 is 0 Å². The summed E-state index contributed by atoms with van der Waals surface area (Å²) in [5.41, 5.74) is 2.14. The fourth-order valence-corrected chi connectivity index (χ4v) is 6.70. The number of carbonyl (C=O) groups excluding carboxylic acids is 3. The minimum atomic E-state index is -0.396. The first kappa shape index (κ1) is 30.6. The van der Waals surface area contributed by atoms with Crippen molar-refractivity contribution in [1.29, 1.82) is 0 Å². The van der Waals surface area contributed by atoms with Gasteiger partial charge < -0.3 is 29.2 Å². The van der Waals surface area contributed by atoms with E-state index in [1.165, 1.54) is 5.56 Å². The molecule has 0 spiro atoms. The van der Waals surface area contributed by atoms with Crippen LogP contribution in [0.4, 0.5) is 0 Å².